The van der Waals surface area contributed by atoms with Gasteiger partial charge in [0.15, 0.2) is 5.96 Å². The van der Waals surface area contributed by atoms with Gasteiger partial charge in [0.25, 0.3) is 5.91 Å². The van der Waals surface area contributed by atoms with Gasteiger partial charge in [-0.25, -0.2) is 4.99 Å². The molecule has 0 saturated carbocycles. The third-order valence-corrected chi connectivity index (χ3v) is 6.43. The molecule has 8 heteroatoms. The van der Waals surface area contributed by atoms with Crippen LogP contribution in [0.2, 0.25) is 0 Å². The minimum atomic E-state index is -0.173. The number of hydrogen-bond acceptors (Lipinski definition) is 5. The molecule has 39 heavy (non-hydrogen) atoms. The van der Waals surface area contributed by atoms with E-state index >= 15 is 0 Å². The zero-order valence-electron chi connectivity index (χ0n) is 22.9. The third kappa shape index (κ3) is 9.14. The van der Waals surface area contributed by atoms with E-state index in [1.165, 1.54) is 11.8 Å². The molecule has 204 valence electrons. The summed E-state index contributed by atoms with van der Waals surface area (Å²) in [4.78, 5) is 21.9. The van der Waals surface area contributed by atoms with Crippen LogP contribution in [-0.4, -0.2) is 54.9 Å². The number of allylic oxidation sites excluding steroid dienone is 6. The molecule has 2 aromatic carbocycles. The first-order valence-corrected chi connectivity index (χ1v) is 12.9. The summed E-state index contributed by atoms with van der Waals surface area (Å²) in [6.07, 6.45) is 9.95. The number of nitrogens with two attached hydrogens (primary N) is 2. The molecule has 3 rings (SSSR count). The molecule has 0 atom stereocenters. The number of rotatable bonds is 10. The van der Waals surface area contributed by atoms with Gasteiger partial charge in [-0.1, -0.05) is 49.6 Å². The van der Waals surface area contributed by atoms with Gasteiger partial charge in [0.05, 0.1) is 0 Å². The molecular formula is C31H39N7O. The lowest BCUT2D eigenvalue weighted by atomic mass is 10.1. The summed E-state index contributed by atoms with van der Waals surface area (Å²) in [5, 5.41) is 6.05. The molecule has 1 saturated heterocycles. The molecule has 0 aliphatic carbocycles. The van der Waals surface area contributed by atoms with E-state index in [-0.39, 0.29) is 11.9 Å². The first kappa shape index (κ1) is 29.2. The van der Waals surface area contributed by atoms with Gasteiger partial charge in [-0.3, -0.25) is 9.69 Å². The van der Waals surface area contributed by atoms with Crippen molar-refractivity contribution in [2.45, 2.75) is 13.5 Å². The molecular weight excluding hydrogens is 486 g/mol. The smallest absolute Gasteiger partial charge is 0.255 e. The average Bonchev–Trinajstić information content (AvgIpc) is 2.92. The quantitative estimate of drug-likeness (QED) is 0.208. The van der Waals surface area contributed by atoms with Crippen molar-refractivity contribution in [3.63, 3.8) is 0 Å². The van der Waals surface area contributed by atoms with Gasteiger partial charge >= 0.3 is 0 Å². The van der Waals surface area contributed by atoms with Crippen LogP contribution < -0.4 is 22.1 Å². The monoisotopic (exact) mass is 525 g/mol. The lowest BCUT2D eigenvalue weighted by Gasteiger charge is -2.32. The summed E-state index contributed by atoms with van der Waals surface area (Å²) >= 11 is 0. The predicted octanol–water partition coefficient (Wildman–Crippen LogP) is 4.38. The summed E-state index contributed by atoms with van der Waals surface area (Å²) < 4.78 is 0. The van der Waals surface area contributed by atoms with Crippen LogP contribution in [0.15, 0.2) is 108 Å². The number of benzene rings is 2. The van der Waals surface area contributed by atoms with Crippen molar-refractivity contribution in [1.29, 1.82) is 0 Å². The van der Waals surface area contributed by atoms with Crippen molar-refractivity contribution in [2.75, 3.05) is 43.9 Å². The van der Waals surface area contributed by atoms with Gasteiger partial charge in [-0.15, -0.1) is 0 Å². The van der Waals surface area contributed by atoms with E-state index in [0.29, 0.717) is 16.8 Å². The van der Waals surface area contributed by atoms with Crippen LogP contribution in [-0.2, 0) is 6.54 Å². The van der Waals surface area contributed by atoms with Crippen molar-refractivity contribution in [1.82, 2.24) is 9.80 Å². The fourth-order valence-corrected chi connectivity index (χ4v) is 3.98. The van der Waals surface area contributed by atoms with Crippen LogP contribution in [0, 0.1) is 6.92 Å². The second-order valence-electron chi connectivity index (χ2n) is 9.46. The zero-order chi connectivity index (χ0) is 28.2. The minimum absolute atomic E-state index is 0.173. The summed E-state index contributed by atoms with van der Waals surface area (Å²) in [5.41, 5.74) is 17.3. The Balaban J connectivity index is 1.59. The Morgan fingerprint density at radius 2 is 1.79 bits per heavy atom. The summed E-state index contributed by atoms with van der Waals surface area (Å²) in [5.74, 6) is 0.0229. The number of piperazine rings is 1. The van der Waals surface area contributed by atoms with Crippen LogP contribution in [0.1, 0.15) is 21.5 Å². The average molecular weight is 526 g/mol. The molecule has 1 aliphatic rings. The normalized spacial score (nSPS) is 15.5. The second-order valence-corrected chi connectivity index (χ2v) is 9.46. The number of aryl methyl sites for hydroxylation is 1. The van der Waals surface area contributed by atoms with Gasteiger partial charge in [-0.05, 0) is 66.6 Å². The molecule has 6 N–H and O–H groups in total. The summed E-state index contributed by atoms with van der Waals surface area (Å²) in [6, 6.07) is 13.4. The SMILES string of the molecule is C=C/C=C\C(=C/N)C(=C)/C=C\N=C(/N)Nc1cc(NC(=O)c2ccc(CN3CCN(C)CC3)cc2)ccc1C. The number of carbonyl (C=O) groups excluding carboxylic acids is 1. The van der Waals surface area contributed by atoms with E-state index in [1.54, 1.807) is 30.5 Å². The molecule has 1 fully saturated rings. The zero-order valence-corrected chi connectivity index (χ0v) is 22.9. The van der Waals surface area contributed by atoms with Crippen LogP contribution >= 0.6 is 0 Å². The number of guanidine groups is 1. The molecule has 0 unspecified atom stereocenters. The number of amides is 1. The molecule has 1 amide bonds. The van der Waals surface area contributed by atoms with E-state index in [4.69, 9.17) is 11.5 Å². The Morgan fingerprint density at radius 1 is 1.08 bits per heavy atom. The van der Waals surface area contributed by atoms with Crippen molar-refractivity contribution in [3.8, 4) is 0 Å². The Morgan fingerprint density at radius 3 is 2.46 bits per heavy atom. The lowest BCUT2D eigenvalue weighted by Crippen LogP contribution is -2.43. The number of nitrogens with one attached hydrogen (secondary N) is 2. The highest BCUT2D eigenvalue weighted by Gasteiger charge is 2.14. The fraction of sp³-hybridized carbons (Fsp3) is 0.226. The van der Waals surface area contributed by atoms with Crippen molar-refractivity contribution < 1.29 is 4.79 Å². The van der Waals surface area contributed by atoms with Gasteiger partial charge in [0.2, 0.25) is 0 Å². The largest absolute Gasteiger partial charge is 0.404 e. The molecule has 0 aromatic heterocycles. The molecule has 8 nitrogen and oxygen atoms in total. The number of likely N-dealkylation sites (N-methyl/N-ethyl adjacent to an activating group) is 1. The minimum Gasteiger partial charge on any atom is -0.404 e. The Hall–Kier alpha value is -4.40. The van der Waals surface area contributed by atoms with Gasteiger partial charge in [0.1, 0.15) is 0 Å². The number of anilines is 2. The maximum atomic E-state index is 12.9. The maximum Gasteiger partial charge on any atom is 0.255 e. The van der Waals surface area contributed by atoms with Crippen LogP contribution in [0.5, 0.6) is 0 Å². The Kier molecular flexibility index (Phi) is 10.9. The first-order chi connectivity index (χ1) is 18.8. The van der Waals surface area contributed by atoms with Crippen LogP contribution in [0.3, 0.4) is 0 Å². The number of aliphatic imine (C=N–C) groups is 1. The molecule has 0 radical (unpaired) electrons. The van der Waals surface area contributed by atoms with E-state index in [0.717, 1.165) is 49.5 Å². The maximum absolute atomic E-state index is 12.9. The molecule has 2 aromatic rings. The Labute approximate surface area is 231 Å². The third-order valence-electron chi connectivity index (χ3n) is 6.43. The molecule has 1 aliphatic heterocycles. The second kappa shape index (κ2) is 14.5. The van der Waals surface area contributed by atoms with E-state index in [9.17, 15) is 4.79 Å². The van der Waals surface area contributed by atoms with Crippen LogP contribution in [0.25, 0.3) is 0 Å². The van der Waals surface area contributed by atoms with Gasteiger partial charge < -0.3 is 27.0 Å². The standard InChI is InChI=1S/C31H39N7O/c1-5-6-7-27(21-32)23(2)14-15-34-31(33)36-29-20-28(13-8-24(29)3)35-30(39)26-11-9-25(10-12-26)22-38-18-16-37(4)17-19-38/h5-15,20-21H,1-2,16-19,22,32H2,3-4H3,(H,35,39)(H3,33,34,36)/b7-6-,15-14-,27-21+. The predicted molar refractivity (Wildman–Crippen MR) is 163 cm³/mol. The van der Waals surface area contributed by atoms with Crippen molar-refractivity contribution >= 4 is 23.2 Å². The highest BCUT2D eigenvalue weighted by Crippen LogP contribution is 2.21. The molecule has 0 spiro atoms. The summed E-state index contributed by atoms with van der Waals surface area (Å²) in [7, 11) is 2.15. The van der Waals surface area contributed by atoms with E-state index in [2.05, 4.69) is 45.6 Å². The van der Waals surface area contributed by atoms with Crippen molar-refractivity contribution in [3.05, 3.63) is 120 Å². The van der Waals surface area contributed by atoms with Gasteiger partial charge in [-0.2, -0.15) is 0 Å². The highest BCUT2D eigenvalue weighted by atomic mass is 16.1. The number of nitrogens with zero attached hydrogens (tertiary/aromatic N) is 3. The summed E-state index contributed by atoms with van der Waals surface area (Å²) in [6.45, 7) is 14.7. The van der Waals surface area contributed by atoms with E-state index < -0.39 is 0 Å². The fourth-order valence-electron chi connectivity index (χ4n) is 3.98. The highest BCUT2D eigenvalue weighted by molar-refractivity contribution is 6.05. The molecule has 0 bridgehead atoms. The van der Waals surface area contributed by atoms with E-state index in [1.807, 2.05) is 49.4 Å². The number of carbonyl (C=O) groups is 1. The van der Waals surface area contributed by atoms with Crippen molar-refractivity contribution in [2.24, 2.45) is 16.5 Å². The Bertz CT molecular complexity index is 1280. The lowest BCUT2D eigenvalue weighted by molar-refractivity contribution is 0.102. The number of hydrogen-bond donors (Lipinski definition) is 4. The van der Waals surface area contributed by atoms with Crippen LogP contribution in [0.4, 0.5) is 11.4 Å². The first-order valence-electron chi connectivity index (χ1n) is 12.9. The molecule has 1 heterocycles. The topological polar surface area (TPSA) is 112 Å². The van der Waals surface area contributed by atoms with Gasteiger partial charge in [0, 0.05) is 62.1 Å².